The number of hydrogen-bond acceptors (Lipinski definition) is 4. The van der Waals surface area contributed by atoms with Gasteiger partial charge in [-0.2, -0.15) is 0 Å². The van der Waals surface area contributed by atoms with E-state index in [0.29, 0.717) is 19.6 Å². The Hall–Kier alpha value is -2.50. The van der Waals surface area contributed by atoms with Gasteiger partial charge in [0.15, 0.2) is 0 Å². The van der Waals surface area contributed by atoms with Gasteiger partial charge in [-0.15, -0.1) is 0 Å². The topological polar surface area (TPSA) is 70.2 Å². The lowest BCUT2D eigenvalue weighted by Crippen LogP contribution is -2.27. The molecule has 0 radical (unpaired) electrons. The molecule has 0 atom stereocenters. The van der Waals surface area contributed by atoms with Crippen molar-refractivity contribution in [2.24, 2.45) is 0 Å². The zero-order valence-electron chi connectivity index (χ0n) is 16.9. The largest absolute Gasteiger partial charge is 0.450 e. The SMILES string of the molecule is CCCCCCOC(=O)NCCc1nc(-c2ccc(N3CCCC3)cc2)c[nH]1. The van der Waals surface area contributed by atoms with Crippen molar-refractivity contribution in [3.63, 3.8) is 0 Å². The fourth-order valence-electron chi connectivity index (χ4n) is 3.48. The number of aromatic nitrogens is 2. The summed E-state index contributed by atoms with van der Waals surface area (Å²) in [6.07, 6.45) is 9.20. The highest BCUT2D eigenvalue weighted by atomic mass is 16.5. The van der Waals surface area contributed by atoms with Crippen LogP contribution in [0.15, 0.2) is 30.5 Å². The number of alkyl carbamates (subject to hydrolysis) is 1. The van der Waals surface area contributed by atoms with Gasteiger partial charge in [0.05, 0.1) is 12.3 Å². The monoisotopic (exact) mass is 384 g/mol. The quantitative estimate of drug-likeness (QED) is 0.591. The van der Waals surface area contributed by atoms with Gasteiger partial charge >= 0.3 is 6.09 Å². The molecule has 1 aromatic carbocycles. The molecule has 0 spiro atoms. The van der Waals surface area contributed by atoms with Crippen molar-refractivity contribution < 1.29 is 9.53 Å². The van der Waals surface area contributed by atoms with Crippen molar-refractivity contribution >= 4 is 11.8 Å². The summed E-state index contributed by atoms with van der Waals surface area (Å²) >= 11 is 0. The second kappa shape index (κ2) is 10.7. The van der Waals surface area contributed by atoms with Crippen LogP contribution in [0.3, 0.4) is 0 Å². The smallest absolute Gasteiger partial charge is 0.407 e. The minimum absolute atomic E-state index is 0.347. The van der Waals surface area contributed by atoms with Crippen LogP contribution in [0, 0.1) is 0 Å². The van der Waals surface area contributed by atoms with Crippen molar-refractivity contribution in [2.45, 2.75) is 51.9 Å². The van der Waals surface area contributed by atoms with Crippen LogP contribution in [-0.2, 0) is 11.2 Å². The molecule has 2 N–H and O–H groups in total. The van der Waals surface area contributed by atoms with E-state index in [1.807, 2.05) is 6.20 Å². The molecule has 0 unspecified atom stereocenters. The van der Waals surface area contributed by atoms with Crippen LogP contribution in [0.4, 0.5) is 10.5 Å². The number of rotatable bonds is 10. The summed E-state index contributed by atoms with van der Waals surface area (Å²) < 4.78 is 5.17. The first-order chi connectivity index (χ1) is 13.8. The Morgan fingerprint density at radius 2 is 1.96 bits per heavy atom. The first-order valence-corrected chi connectivity index (χ1v) is 10.6. The molecule has 3 rings (SSSR count). The Balaban J connectivity index is 1.40. The molecule has 0 saturated carbocycles. The van der Waals surface area contributed by atoms with Gasteiger partial charge in [0.2, 0.25) is 0 Å². The van der Waals surface area contributed by atoms with Crippen LogP contribution in [0.2, 0.25) is 0 Å². The molecule has 2 heterocycles. The maximum atomic E-state index is 11.7. The third-order valence-corrected chi connectivity index (χ3v) is 5.13. The van der Waals surface area contributed by atoms with Crippen molar-refractivity contribution in [3.05, 3.63) is 36.3 Å². The van der Waals surface area contributed by atoms with Gasteiger partial charge in [-0.05, 0) is 31.4 Å². The summed E-state index contributed by atoms with van der Waals surface area (Å²) in [5.41, 5.74) is 3.32. The van der Waals surface area contributed by atoms with Crippen LogP contribution in [-0.4, -0.2) is 42.3 Å². The molecular weight excluding hydrogens is 352 g/mol. The third-order valence-electron chi connectivity index (χ3n) is 5.13. The molecule has 152 valence electrons. The van der Waals surface area contributed by atoms with Gasteiger partial charge in [0.25, 0.3) is 0 Å². The summed E-state index contributed by atoms with van der Waals surface area (Å²) in [6, 6.07) is 8.60. The molecule has 1 amide bonds. The number of aromatic amines is 1. The highest BCUT2D eigenvalue weighted by Crippen LogP contribution is 2.24. The Morgan fingerprint density at radius 1 is 1.18 bits per heavy atom. The van der Waals surface area contributed by atoms with Crippen LogP contribution >= 0.6 is 0 Å². The summed E-state index contributed by atoms with van der Waals surface area (Å²) in [5, 5.41) is 2.78. The number of ether oxygens (including phenoxy) is 1. The number of H-pyrrole nitrogens is 1. The average Bonchev–Trinajstić information content (AvgIpc) is 3.40. The molecule has 0 aliphatic carbocycles. The van der Waals surface area contributed by atoms with E-state index >= 15 is 0 Å². The second-order valence-electron chi connectivity index (χ2n) is 7.35. The van der Waals surface area contributed by atoms with Gasteiger partial charge in [-0.3, -0.25) is 0 Å². The molecule has 1 aliphatic heterocycles. The van der Waals surface area contributed by atoms with E-state index in [0.717, 1.165) is 43.0 Å². The van der Waals surface area contributed by atoms with Crippen LogP contribution in [0.25, 0.3) is 11.3 Å². The number of amides is 1. The zero-order valence-corrected chi connectivity index (χ0v) is 16.9. The molecule has 6 nitrogen and oxygen atoms in total. The fraction of sp³-hybridized carbons (Fsp3) is 0.545. The van der Waals surface area contributed by atoms with Gasteiger partial charge < -0.3 is 19.9 Å². The summed E-state index contributed by atoms with van der Waals surface area (Å²) in [5.74, 6) is 0.863. The Kier molecular flexibility index (Phi) is 7.76. The number of hydrogen-bond donors (Lipinski definition) is 2. The minimum Gasteiger partial charge on any atom is -0.450 e. The lowest BCUT2D eigenvalue weighted by Gasteiger charge is -2.17. The Morgan fingerprint density at radius 3 is 2.71 bits per heavy atom. The zero-order chi connectivity index (χ0) is 19.6. The fourth-order valence-corrected chi connectivity index (χ4v) is 3.48. The van der Waals surface area contributed by atoms with Gasteiger partial charge in [0, 0.05) is 43.5 Å². The predicted molar refractivity (Wildman–Crippen MR) is 113 cm³/mol. The predicted octanol–water partition coefficient (Wildman–Crippen LogP) is 4.53. The molecule has 1 saturated heterocycles. The molecule has 6 heteroatoms. The van der Waals surface area contributed by atoms with E-state index in [1.54, 1.807) is 0 Å². The molecule has 1 fully saturated rings. The molecule has 2 aromatic rings. The first kappa shape index (κ1) is 20.2. The third kappa shape index (κ3) is 6.01. The number of nitrogens with one attached hydrogen (secondary N) is 2. The van der Waals surface area contributed by atoms with E-state index in [-0.39, 0.29) is 6.09 Å². The van der Waals surface area contributed by atoms with Crippen molar-refractivity contribution in [1.29, 1.82) is 0 Å². The molecule has 0 bridgehead atoms. The lowest BCUT2D eigenvalue weighted by molar-refractivity contribution is 0.144. The first-order valence-electron chi connectivity index (χ1n) is 10.6. The van der Waals surface area contributed by atoms with E-state index in [9.17, 15) is 4.79 Å². The molecule has 1 aliphatic rings. The number of carbonyl (C=O) groups is 1. The van der Waals surface area contributed by atoms with Gasteiger partial charge in [-0.1, -0.05) is 38.3 Å². The van der Waals surface area contributed by atoms with Gasteiger partial charge in [-0.25, -0.2) is 9.78 Å². The van der Waals surface area contributed by atoms with Crippen LogP contribution < -0.4 is 10.2 Å². The summed E-state index contributed by atoms with van der Waals surface area (Å²) in [7, 11) is 0. The highest BCUT2D eigenvalue weighted by molar-refractivity contribution is 5.67. The van der Waals surface area contributed by atoms with E-state index in [1.165, 1.54) is 31.4 Å². The number of nitrogens with zero attached hydrogens (tertiary/aromatic N) is 2. The average molecular weight is 385 g/mol. The molecular formula is C22H32N4O2. The van der Waals surface area contributed by atoms with E-state index in [4.69, 9.17) is 4.74 Å². The Labute approximate surface area is 167 Å². The standard InChI is InChI=1S/C22H32N4O2/c1-2-3-4-7-16-28-22(27)23-13-12-21-24-17-20(25-21)18-8-10-19(11-9-18)26-14-5-6-15-26/h8-11,17H,2-7,12-16H2,1H3,(H,23,27)(H,24,25). The minimum atomic E-state index is -0.347. The number of benzene rings is 1. The van der Waals surface area contributed by atoms with Crippen LogP contribution in [0.1, 0.15) is 51.3 Å². The van der Waals surface area contributed by atoms with Crippen LogP contribution in [0.5, 0.6) is 0 Å². The normalized spacial score (nSPS) is 13.7. The van der Waals surface area contributed by atoms with Gasteiger partial charge in [0.1, 0.15) is 5.82 Å². The number of unbranched alkanes of at least 4 members (excludes halogenated alkanes) is 3. The second-order valence-corrected chi connectivity index (χ2v) is 7.35. The van der Waals surface area contributed by atoms with E-state index in [2.05, 4.69) is 51.4 Å². The maximum absolute atomic E-state index is 11.7. The van der Waals surface area contributed by atoms with Crippen molar-refractivity contribution in [3.8, 4) is 11.3 Å². The van der Waals surface area contributed by atoms with E-state index < -0.39 is 0 Å². The maximum Gasteiger partial charge on any atom is 0.407 e. The molecule has 1 aromatic heterocycles. The van der Waals surface area contributed by atoms with Crippen molar-refractivity contribution in [2.75, 3.05) is 31.1 Å². The number of carbonyl (C=O) groups excluding carboxylic acids is 1. The summed E-state index contributed by atoms with van der Waals surface area (Å²) in [6.45, 7) is 5.47. The Bertz CT molecular complexity index is 720. The number of anilines is 1. The van der Waals surface area contributed by atoms with Crippen molar-refractivity contribution in [1.82, 2.24) is 15.3 Å². The summed E-state index contributed by atoms with van der Waals surface area (Å²) in [4.78, 5) is 21.9. The molecule has 28 heavy (non-hydrogen) atoms. The lowest BCUT2D eigenvalue weighted by atomic mass is 10.1. The number of imidazole rings is 1. The highest BCUT2D eigenvalue weighted by Gasteiger charge is 2.12.